The summed E-state index contributed by atoms with van der Waals surface area (Å²) in [5.74, 6) is 0.517. The van der Waals surface area contributed by atoms with Crippen LogP contribution in [-0.4, -0.2) is 91.5 Å². The molecule has 0 radical (unpaired) electrons. The van der Waals surface area contributed by atoms with Crippen molar-refractivity contribution in [1.82, 2.24) is 15.1 Å². The molecule has 2 fully saturated rings. The van der Waals surface area contributed by atoms with E-state index in [4.69, 9.17) is 9.84 Å². The van der Waals surface area contributed by atoms with Gasteiger partial charge in [0, 0.05) is 57.1 Å². The van der Waals surface area contributed by atoms with Gasteiger partial charge in [-0.2, -0.15) is 0 Å². The molecule has 33 heavy (non-hydrogen) atoms. The second-order valence-corrected chi connectivity index (χ2v) is 10.1. The Labute approximate surface area is 197 Å². The summed E-state index contributed by atoms with van der Waals surface area (Å²) < 4.78 is 5.49. The van der Waals surface area contributed by atoms with Crippen molar-refractivity contribution in [1.29, 1.82) is 0 Å². The van der Waals surface area contributed by atoms with Crippen molar-refractivity contribution < 1.29 is 19.4 Å². The Hall–Kier alpha value is -2.32. The fraction of sp³-hybridized carbons (Fsp3) is 0.680. The number of piperidine rings is 1. The van der Waals surface area contributed by atoms with Gasteiger partial charge < -0.3 is 25.0 Å². The zero-order chi connectivity index (χ0) is 23.8. The first kappa shape index (κ1) is 25.3. The summed E-state index contributed by atoms with van der Waals surface area (Å²) in [5, 5.41) is 11.5. The van der Waals surface area contributed by atoms with Crippen LogP contribution in [0.5, 0.6) is 0 Å². The molecule has 0 aliphatic carbocycles. The van der Waals surface area contributed by atoms with Crippen molar-refractivity contribution >= 4 is 17.7 Å². The molecule has 2 aliphatic rings. The predicted octanol–water partition coefficient (Wildman–Crippen LogP) is 2.57. The van der Waals surface area contributed by atoms with Crippen LogP contribution in [0.2, 0.25) is 0 Å². The van der Waals surface area contributed by atoms with Gasteiger partial charge in [-0.25, -0.2) is 4.79 Å². The average Bonchev–Trinajstić information content (AvgIpc) is 2.81. The number of hydrogen-bond donors (Lipinski definition) is 2. The number of nitrogens with zero attached hydrogens (tertiary/aromatic N) is 3. The fourth-order valence-corrected chi connectivity index (χ4v) is 4.42. The number of hydrogen-bond acceptors (Lipinski definition) is 6. The van der Waals surface area contributed by atoms with Crippen molar-refractivity contribution in [3.8, 4) is 0 Å². The van der Waals surface area contributed by atoms with Crippen LogP contribution in [-0.2, 0) is 4.74 Å². The number of ether oxygens (including phenoxy) is 1. The Kier molecular flexibility index (Phi) is 8.97. The molecule has 0 atom stereocenters. The van der Waals surface area contributed by atoms with Crippen molar-refractivity contribution in [2.45, 2.75) is 45.6 Å². The van der Waals surface area contributed by atoms with E-state index >= 15 is 0 Å². The van der Waals surface area contributed by atoms with E-state index in [-0.39, 0.29) is 25.2 Å². The number of nitrogens with one attached hydrogen (secondary N) is 1. The quantitative estimate of drug-likeness (QED) is 0.651. The van der Waals surface area contributed by atoms with Gasteiger partial charge >= 0.3 is 6.09 Å². The van der Waals surface area contributed by atoms with Crippen LogP contribution in [0.3, 0.4) is 0 Å². The van der Waals surface area contributed by atoms with Crippen molar-refractivity contribution in [2.24, 2.45) is 5.92 Å². The lowest BCUT2D eigenvalue weighted by Gasteiger charge is -2.38. The number of anilines is 1. The van der Waals surface area contributed by atoms with Gasteiger partial charge in [-0.3, -0.25) is 9.69 Å². The smallest absolute Gasteiger partial charge is 0.410 e. The molecule has 1 aromatic rings. The Morgan fingerprint density at radius 2 is 1.67 bits per heavy atom. The Balaban J connectivity index is 1.35. The average molecular weight is 461 g/mol. The lowest BCUT2D eigenvalue weighted by molar-refractivity contribution is 0.0177. The summed E-state index contributed by atoms with van der Waals surface area (Å²) >= 11 is 0. The highest BCUT2D eigenvalue weighted by atomic mass is 16.6. The second-order valence-electron chi connectivity index (χ2n) is 10.1. The highest BCUT2D eigenvalue weighted by Crippen LogP contribution is 2.23. The molecule has 3 rings (SSSR count). The van der Waals surface area contributed by atoms with Gasteiger partial charge in [0.15, 0.2) is 0 Å². The minimum atomic E-state index is -0.437. The van der Waals surface area contributed by atoms with Crippen LogP contribution in [0.15, 0.2) is 24.3 Å². The van der Waals surface area contributed by atoms with Crippen LogP contribution < -0.4 is 10.2 Å². The maximum atomic E-state index is 12.2. The SMILES string of the molecule is CC(C)(C)OC(=O)N1CCC(CCN2CCN(c3ccc(C(=O)NCCO)cc3)CC2)CC1. The maximum absolute atomic E-state index is 12.2. The summed E-state index contributed by atoms with van der Waals surface area (Å²) in [6.07, 6.45) is 3.10. The third kappa shape index (κ3) is 7.89. The van der Waals surface area contributed by atoms with E-state index in [2.05, 4.69) is 15.1 Å². The van der Waals surface area contributed by atoms with E-state index in [0.717, 1.165) is 64.3 Å². The highest BCUT2D eigenvalue weighted by molar-refractivity contribution is 5.94. The van der Waals surface area contributed by atoms with Gasteiger partial charge in [-0.05, 0) is 76.8 Å². The normalized spacial score (nSPS) is 18.3. The maximum Gasteiger partial charge on any atom is 0.410 e. The molecule has 0 unspecified atom stereocenters. The zero-order valence-electron chi connectivity index (χ0n) is 20.4. The summed E-state index contributed by atoms with van der Waals surface area (Å²) in [7, 11) is 0. The molecule has 2 saturated heterocycles. The molecule has 184 valence electrons. The number of aliphatic hydroxyl groups excluding tert-OH is 1. The number of piperazine rings is 1. The first-order valence-electron chi connectivity index (χ1n) is 12.2. The number of amides is 2. The third-order valence-electron chi connectivity index (χ3n) is 6.38. The van der Waals surface area contributed by atoms with Gasteiger partial charge in [0.1, 0.15) is 5.60 Å². The summed E-state index contributed by atoms with van der Waals surface area (Å²) in [6.45, 7) is 12.7. The second kappa shape index (κ2) is 11.7. The van der Waals surface area contributed by atoms with E-state index in [0.29, 0.717) is 11.5 Å². The summed E-state index contributed by atoms with van der Waals surface area (Å²) in [5.41, 5.74) is 1.32. The van der Waals surface area contributed by atoms with E-state index in [1.54, 1.807) is 0 Å². The van der Waals surface area contributed by atoms with Crippen LogP contribution in [0, 0.1) is 5.92 Å². The van der Waals surface area contributed by atoms with Gasteiger partial charge in [-0.15, -0.1) is 0 Å². The number of aliphatic hydroxyl groups is 1. The molecule has 0 aromatic heterocycles. The largest absolute Gasteiger partial charge is 0.444 e. The third-order valence-corrected chi connectivity index (χ3v) is 6.38. The molecule has 2 N–H and O–H groups in total. The highest BCUT2D eigenvalue weighted by Gasteiger charge is 2.27. The van der Waals surface area contributed by atoms with Crippen molar-refractivity contribution in [3.63, 3.8) is 0 Å². The molecule has 2 heterocycles. The van der Waals surface area contributed by atoms with E-state index in [1.165, 1.54) is 6.42 Å². The van der Waals surface area contributed by atoms with E-state index in [9.17, 15) is 9.59 Å². The van der Waals surface area contributed by atoms with Gasteiger partial charge in [0.05, 0.1) is 6.61 Å². The number of benzene rings is 1. The Morgan fingerprint density at radius 1 is 1.03 bits per heavy atom. The van der Waals surface area contributed by atoms with Crippen LogP contribution in [0.1, 0.15) is 50.4 Å². The van der Waals surface area contributed by atoms with Crippen molar-refractivity contribution in [3.05, 3.63) is 29.8 Å². The Morgan fingerprint density at radius 3 is 2.24 bits per heavy atom. The monoisotopic (exact) mass is 460 g/mol. The minimum absolute atomic E-state index is 0.0562. The van der Waals surface area contributed by atoms with Gasteiger partial charge in [-0.1, -0.05) is 0 Å². The molecule has 0 saturated carbocycles. The molecule has 2 aliphatic heterocycles. The molecule has 8 nitrogen and oxygen atoms in total. The van der Waals surface area contributed by atoms with Crippen LogP contribution in [0.4, 0.5) is 10.5 Å². The summed E-state index contributed by atoms with van der Waals surface area (Å²) in [6, 6.07) is 7.69. The standard InChI is InChI=1S/C25H40N4O4/c1-25(2,3)33-24(32)29-13-9-20(10-14-29)8-12-27-15-17-28(18-16-27)22-6-4-21(5-7-22)23(31)26-11-19-30/h4-7,20,30H,8-19H2,1-3H3,(H,26,31). The van der Waals surface area contributed by atoms with Crippen molar-refractivity contribution in [2.75, 3.05) is 63.9 Å². The molecule has 0 spiro atoms. The van der Waals surface area contributed by atoms with Crippen LogP contribution in [0.25, 0.3) is 0 Å². The first-order valence-corrected chi connectivity index (χ1v) is 12.2. The predicted molar refractivity (Wildman–Crippen MR) is 130 cm³/mol. The number of carbonyl (C=O) groups is 2. The first-order chi connectivity index (χ1) is 15.7. The van der Waals surface area contributed by atoms with E-state index in [1.807, 2.05) is 49.9 Å². The zero-order valence-corrected chi connectivity index (χ0v) is 20.4. The van der Waals surface area contributed by atoms with E-state index < -0.39 is 5.60 Å². The molecule has 2 amide bonds. The molecular weight excluding hydrogens is 420 g/mol. The minimum Gasteiger partial charge on any atom is -0.444 e. The Bertz CT molecular complexity index is 762. The lowest BCUT2D eigenvalue weighted by atomic mass is 9.93. The molecule has 1 aromatic carbocycles. The fourth-order valence-electron chi connectivity index (χ4n) is 4.42. The molecular formula is C25H40N4O4. The van der Waals surface area contributed by atoms with Crippen LogP contribution >= 0.6 is 0 Å². The number of rotatable bonds is 7. The number of likely N-dealkylation sites (tertiary alicyclic amines) is 1. The number of carbonyl (C=O) groups excluding carboxylic acids is 2. The van der Waals surface area contributed by atoms with Gasteiger partial charge in [0.25, 0.3) is 5.91 Å². The molecule has 8 heteroatoms. The van der Waals surface area contributed by atoms with Gasteiger partial charge in [0.2, 0.25) is 0 Å². The summed E-state index contributed by atoms with van der Waals surface area (Å²) in [4.78, 5) is 31.0. The topological polar surface area (TPSA) is 85.4 Å². The lowest BCUT2D eigenvalue weighted by Crippen LogP contribution is -2.47. The molecule has 0 bridgehead atoms.